The number of nitrogens with zero attached hydrogens (tertiary/aromatic N) is 3. The van der Waals surface area contributed by atoms with Gasteiger partial charge in [-0.1, -0.05) is 41.9 Å². The Bertz CT molecular complexity index is 1180. The summed E-state index contributed by atoms with van der Waals surface area (Å²) in [6.45, 7) is 4.99. The fourth-order valence-corrected chi connectivity index (χ4v) is 4.04. The van der Waals surface area contributed by atoms with E-state index in [2.05, 4.69) is 15.4 Å². The Labute approximate surface area is 189 Å². The lowest BCUT2D eigenvalue weighted by Crippen LogP contribution is -2.12. The molecule has 31 heavy (non-hydrogen) atoms. The van der Waals surface area contributed by atoms with Gasteiger partial charge < -0.3 is 4.74 Å². The third-order valence-electron chi connectivity index (χ3n) is 4.69. The fraction of sp³-hybridized carbons (Fsp3) is 0.174. The molecule has 0 saturated heterocycles. The van der Waals surface area contributed by atoms with E-state index in [-0.39, 0.29) is 11.9 Å². The molecule has 0 aliphatic rings. The molecule has 2 aromatic carbocycles. The first-order valence-electron chi connectivity index (χ1n) is 9.69. The summed E-state index contributed by atoms with van der Waals surface area (Å²) in [5.74, 6) is 0.906. The molecule has 0 saturated carbocycles. The number of carbonyl (C=O) groups excluding carboxylic acids is 1. The van der Waals surface area contributed by atoms with Gasteiger partial charge in [0.1, 0.15) is 18.7 Å². The number of thiophene rings is 1. The number of para-hydroxylation sites is 1. The van der Waals surface area contributed by atoms with Crippen molar-refractivity contribution < 1.29 is 9.53 Å². The zero-order valence-corrected chi connectivity index (χ0v) is 18.7. The third kappa shape index (κ3) is 5.31. The smallest absolute Gasteiger partial charge is 0.268 e. The van der Waals surface area contributed by atoms with E-state index < -0.39 is 0 Å². The molecule has 0 bridgehead atoms. The molecule has 2 heterocycles. The van der Waals surface area contributed by atoms with E-state index in [9.17, 15) is 4.79 Å². The van der Waals surface area contributed by atoms with Crippen molar-refractivity contribution in [1.29, 1.82) is 0 Å². The lowest BCUT2D eigenvalue weighted by Gasteiger charge is -2.10. The van der Waals surface area contributed by atoms with Crippen molar-refractivity contribution in [3.8, 4) is 5.75 Å². The Morgan fingerprint density at radius 3 is 2.61 bits per heavy atom. The molecular formula is C23H21ClN4O2S. The molecule has 2 aromatic heterocycles. The number of carbonyl (C=O) groups is 1. The minimum absolute atomic E-state index is 0.243. The second-order valence-electron chi connectivity index (χ2n) is 7.18. The Hall–Kier alpha value is -3.16. The van der Waals surface area contributed by atoms with Gasteiger partial charge in [0.2, 0.25) is 5.95 Å². The van der Waals surface area contributed by atoms with Crippen molar-refractivity contribution in [2.75, 3.05) is 5.32 Å². The van der Waals surface area contributed by atoms with Crippen molar-refractivity contribution in [2.24, 2.45) is 0 Å². The van der Waals surface area contributed by atoms with Crippen LogP contribution in [0, 0.1) is 13.8 Å². The van der Waals surface area contributed by atoms with Gasteiger partial charge in [0, 0.05) is 10.6 Å². The van der Waals surface area contributed by atoms with Crippen LogP contribution in [-0.2, 0) is 13.2 Å². The molecular weight excluding hydrogens is 432 g/mol. The number of aryl methyl sites for hydroxylation is 2. The summed E-state index contributed by atoms with van der Waals surface area (Å²) in [6.07, 6.45) is 1.59. The first-order chi connectivity index (χ1) is 15.0. The van der Waals surface area contributed by atoms with Gasteiger partial charge in [0.15, 0.2) is 0 Å². The summed E-state index contributed by atoms with van der Waals surface area (Å²) in [6, 6.07) is 15.4. The monoisotopic (exact) mass is 452 g/mol. The van der Waals surface area contributed by atoms with Crippen molar-refractivity contribution in [1.82, 2.24) is 14.8 Å². The second-order valence-corrected chi connectivity index (χ2v) is 8.52. The molecule has 1 N–H and O–H groups in total. The normalized spacial score (nSPS) is 10.8. The molecule has 4 aromatic rings. The standard InChI is InChI=1S/C23H21ClN4O2S/c1-15-4-3-5-16(2)21(15)30-12-18-10-20(31-13-18)22(29)26-23-25-14-28(27-23)11-17-6-8-19(24)9-7-17/h3-10,13-14H,11-12H2,1-2H3,(H,26,27,29). The summed E-state index contributed by atoms with van der Waals surface area (Å²) in [7, 11) is 0. The minimum atomic E-state index is -0.243. The van der Waals surface area contributed by atoms with E-state index in [4.69, 9.17) is 16.3 Å². The van der Waals surface area contributed by atoms with Crippen LogP contribution in [0.4, 0.5) is 5.95 Å². The maximum Gasteiger partial charge on any atom is 0.268 e. The van der Waals surface area contributed by atoms with Gasteiger partial charge in [-0.05, 0) is 54.1 Å². The fourth-order valence-electron chi connectivity index (χ4n) is 3.12. The van der Waals surface area contributed by atoms with Crippen molar-refractivity contribution >= 4 is 34.8 Å². The molecule has 0 atom stereocenters. The quantitative estimate of drug-likeness (QED) is 0.402. The Morgan fingerprint density at radius 2 is 1.87 bits per heavy atom. The average Bonchev–Trinajstić information content (AvgIpc) is 3.39. The summed E-state index contributed by atoms with van der Waals surface area (Å²) in [4.78, 5) is 17.3. The number of ether oxygens (including phenoxy) is 1. The second kappa shape index (κ2) is 9.32. The number of nitrogens with one attached hydrogen (secondary N) is 1. The topological polar surface area (TPSA) is 69.0 Å². The van der Waals surface area contributed by atoms with Gasteiger partial charge in [-0.25, -0.2) is 9.67 Å². The van der Waals surface area contributed by atoms with Gasteiger partial charge in [-0.15, -0.1) is 16.4 Å². The van der Waals surface area contributed by atoms with Crippen molar-refractivity contribution in [2.45, 2.75) is 27.0 Å². The number of rotatable bonds is 7. The number of hydrogen-bond donors (Lipinski definition) is 1. The van der Waals surface area contributed by atoms with Gasteiger partial charge in [0.05, 0.1) is 11.4 Å². The Kier molecular flexibility index (Phi) is 6.34. The van der Waals surface area contributed by atoms with Gasteiger partial charge >= 0.3 is 0 Å². The predicted molar refractivity (Wildman–Crippen MR) is 123 cm³/mol. The van der Waals surface area contributed by atoms with Crippen LogP contribution in [0.3, 0.4) is 0 Å². The Morgan fingerprint density at radius 1 is 1.13 bits per heavy atom. The highest BCUT2D eigenvalue weighted by molar-refractivity contribution is 7.12. The van der Waals surface area contributed by atoms with E-state index >= 15 is 0 Å². The average molecular weight is 453 g/mol. The lowest BCUT2D eigenvalue weighted by atomic mass is 10.1. The van der Waals surface area contributed by atoms with Crippen molar-refractivity contribution in [3.63, 3.8) is 0 Å². The van der Waals surface area contributed by atoms with E-state index in [1.807, 2.05) is 67.8 Å². The van der Waals surface area contributed by atoms with Gasteiger partial charge in [-0.2, -0.15) is 0 Å². The number of hydrogen-bond acceptors (Lipinski definition) is 5. The van der Waals surface area contributed by atoms with E-state index in [1.54, 1.807) is 11.0 Å². The van der Waals surface area contributed by atoms with Crippen LogP contribution in [0.5, 0.6) is 5.75 Å². The van der Waals surface area contributed by atoms with E-state index in [0.29, 0.717) is 23.1 Å². The molecule has 158 valence electrons. The summed E-state index contributed by atoms with van der Waals surface area (Å²) >= 11 is 7.28. The maximum absolute atomic E-state index is 12.6. The largest absolute Gasteiger partial charge is 0.488 e. The molecule has 4 rings (SSSR count). The van der Waals surface area contributed by atoms with E-state index in [0.717, 1.165) is 28.0 Å². The molecule has 0 radical (unpaired) electrons. The number of aromatic nitrogens is 3. The number of benzene rings is 2. The van der Waals surface area contributed by atoms with Crippen LogP contribution in [0.25, 0.3) is 0 Å². The molecule has 0 aliphatic carbocycles. The summed E-state index contributed by atoms with van der Waals surface area (Å²) < 4.78 is 7.63. The van der Waals surface area contributed by atoms with E-state index in [1.165, 1.54) is 11.3 Å². The summed E-state index contributed by atoms with van der Waals surface area (Å²) in [5.41, 5.74) is 4.17. The van der Waals surface area contributed by atoms with Crippen LogP contribution in [0.1, 0.15) is 31.9 Å². The molecule has 6 nitrogen and oxygen atoms in total. The van der Waals surface area contributed by atoms with Gasteiger partial charge in [0.25, 0.3) is 5.91 Å². The zero-order chi connectivity index (χ0) is 21.8. The highest BCUT2D eigenvalue weighted by Gasteiger charge is 2.13. The molecule has 0 fully saturated rings. The highest BCUT2D eigenvalue weighted by Crippen LogP contribution is 2.24. The lowest BCUT2D eigenvalue weighted by molar-refractivity contribution is 0.102. The van der Waals surface area contributed by atoms with Crippen LogP contribution < -0.4 is 10.1 Å². The molecule has 0 spiro atoms. The predicted octanol–water partition coefficient (Wildman–Crippen LogP) is 5.49. The number of amides is 1. The third-order valence-corrected chi connectivity index (χ3v) is 5.92. The molecule has 8 heteroatoms. The molecule has 0 unspecified atom stereocenters. The number of halogens is 1. The van der Waals surface area contributed by atoms with Crippen LogP contribution in [0.15, 0.2) is 60.2 Å². The van der Waals surface area contributed by atoms with Gasteiger partial charge in [-0.3, -0.25) is 10.1 Å². The van der Waals surface area contributed by atoms with Crippen molar-refractivity contribution in [3.05, 3.63) is 92.4 Å². The minimum Gasteiger partial charge on any atom is -0.488 e. The van der Waals surface area contributed by atoms with Crippen LogP contribution in [0.2, 0.25) is 5.02 Å². The van der Waals surface area contributed by atoms with Crippen LogP contribution in [-0.4, -0.2) is 20.7 Å². The first kappa shape index (κ1) is 21.1. The SMILES string of the molecule is Cc1cccc(C)c1OCc1csc(C(=O)Nc2ncn(Cc3ccc(Cl)cc3)n2)c1. The molecule has 1 amide bonds. The highest BCUT2D eigenvalue weighted by atomic mass is 35.5. The summed E-state index contributed by atoms with van der Waals surface area (Å²) in [5, 5.41) is 9.67. The number of anilines is 1. The molecule has 0 aliphatic heterocycles. The Balaban J connectivity index is 1.35. The van der Waals surface area contributed by atoms with Crippen LogP contribution >= 0.6 is 22.9 Å². The maximum atomic E-state index is 12.6. The first-order valence-corrected chi connectivity index (χ1v) is 11.0. The zero-order valence-electron chi connectivity index (χ0n) is 17.1.